The maximum Gasteiger partial charge on any atom is 0.227 e. The highest BCUT2D eigenvalue weighted by molar-refractivity contribution is 5.85. The molecule has 2 amide bonds. The summed E-state index contributed by atoms with van der Waals surface area (Å²) in [5, 5.41) is 0. The van der Waals surface area contributed by atoms with Gasteiger partial charge in [0.15, 0.2) is 0 Å². The first-order valence-corrected chi connectivity index (χ1v) is 7.25. The summed E-state index contributed by atoms with van der Waals surface area (Å²) in [7, 11) is 0. The van der Waals surface area contributed by atoms with Crippen LogP contribution < -0.4 is 5.73 Å². The zero-order chi connectivity index (χ0) is 14.0. The molecule has 1 saturated heterocycles. The van der Waals surface area contributed by atoms with Crippen LogP contribution in [0.1, 0.15) is 39.5 Å². The number of hydrogen-bond acceptors (Lipinski definition) is 3. The molecule has 2 atom stereocenters. The molecule has 2 aliphatic rings. The van der Waals surface area contributed by atoms with Gasteiger partial charge in [0.05, 0.1) is 5.92 Å². The molecule has 1 saturated carbocycles. The second kappa shape index (κ2) is 6.76. The van der Waals surface area contributed by atoms with Crippen LogP contribution in [-0.4, -0.2) is 53.3 Å². The molecule has 0 aromatic heterocycles. The molecule has 5 nitrogen and oxygen atoms in total. The molecule has 0 radical (unpaired) electrons. The molecule has 1 aliphatic heterocycles. The van der Waals surface area contributed by atoms with Crippen molar-refractivity contribution in [3.63, 3.8) is 0 Å². The number of halogens is 1. The molecule has 0 spiro atoms. The van der Waals surface area contributed by atoms with Crippen LogP contribution in [-0.2, 0) is 9.59 Å². The van der Waals surface area contributed by atoms with E-state index in [-0.39, 0.29) is 35.7 Å². The summed E-state index contributed by atoms with van der Waals surface area (Å²) in [6.07, 6.45) is 4.04. The smallest absolute Gasteiger partial charge is 0.227 e. The quantitative estimate of drug-likeness (QED) is 0.786. The third-order valence-corrected chi connectivity index (χ3v) is 4.59. The second-order valence-electron chi connectivity index (χ2n) is 6.14. The maximum absolute atomic E-state index is 12.6. The molecule has 20 heavy (non-hydrogen) atoms. The Kier molecular flexibility index (Phi) is 5.83. The molecule has 2 N–H and O–H groups in total. The molecule has 0 aromatic carbocycles. The molecular weight excluding hydrogens is 278 g/mol. The summed E-state index contributed by atoms with van der Waals surface area (Å²) in [5.74, 6) is 0.228. The minimum Gasteiger partial charge on any atom is -0.339 e. The Balaban J connectivity index is 0.00000200. The van der Waals surface area contributed by atoms with Gasteiger partial charge >= 0.3 is 0 Å². The van der Waals surface area contributed by atoms with E-state index in [2.05, 4.69) is 0 Å². The highest BCUT2D eigenvalue weighted by Crippen LogP contribution is 2.33. The van der Waals surface area contributed by atoms with Crippen molar-refractivity contribution in [1.82, 2.24) is 9.80 Å². The van der Waals surface area contributed by atoms with Crippen molar-refractivity contribution in [2.75, 3.05) is 26.2 Å². The molecule has 0 bridgehead atoms. The molecule has 1 aliphatic carbocycles. The molecule has 2 rings (SSSR count). The van der Waals surface area contributed by atoms with Gasteiger partial charge in [-0.05, 0) is 19.8 Å². The largest absolute Gasteiger partial charge is 0.339 e. The van der Waals surface area contributed by atoms with Gasteiger partial charge in [-0.2, -0.15) is 0 Å². The van der Waals surface area contributed by atoms with E-state index in [0.29, 0.717) is 26.2 Å². The molecule has 2 fully saturated rings. The average Bonchev–Trinajstić information content (AvgIpc) is 2.37. The highest BCUT2D eigenvalue weighted by atomic mass is 35.5. The van der Waals surface area contributed by atoms with Crippen LogP contribution >= 0.6 is 12.4 Å². The van der Waals surface area contributed by atoms with Gasteiger partial charge in [-0.15, -0.1) is 12.4 Å². The van der Waals surface area contributed by atoms with E-state index in [0.717, 1.165) is 25.7 Å². The number of carbonyl (C=O) groups is 2. The molecule has 2 unspecified atom stereocenters. The minimum absolute atomic E-state index is 0. The number of nitrogens with two attached hydrogens (primary N) is 1. The van der Waals surface area contributed by atoms with Crippen LogP contribution in [0.4, 0.5) is 0 Å². The van der Waals surface area contributed by atoms with Crippen molar-refractivity contribution in [3.05, 3.63) is 0 Å². The van der Waals surface area contributed by atoms with Gasteiger partial charge < -0.3 is 15.5 Å². The molecule has 1 heterocycles. The normalized spacial score (nSPS) is 30.6. The number of carbonyl (C=O) groups excluding carboxylic acids is 2. The van der Waals surface area contributed by atoms with Gasteiger partial charge in [0.1, 0.15) is 0 Å². The summed E-state index contributed by atoms with van der Waals surface area (Å²) in [4.78, 5) is 27.6. The first-order chi connectivity index (χ1) is 8.92. The fourth-order valence-electron chi connectivity index (χ4n) is 3.23. The Labute approximate surface area is 127 Å². The average molecular weight is 304 g/mol. The van der Waals surface area contributed by atoms with E-state index in [9.17, 15) is 9.59 Å². The minimum atomic E-state index is -0.368. The topological polar surface area (TPSA) is 66.6 Å². The van der Waals surface area contributed by atoms with Gasteiger partial charge in [0.2, 0.25) is 11.8 Å². The molecule has 116 valence electrons. The molecular formula is C14H26ClN3O2. The number of hydrogen-bond donors (Lipinski definition) is 1. The lowest BCUT2D eigenvalue weighted by Gasteiger charge is -2.42. The van der Waals surface area contributed by atoms with Crippen molar-refractivity contribution in [3.8, 4) is 0 Å². The van der Waals surface area contributed by atoms with Crippen LogP contribution in [0.25, 0.3) is 0 Å². The predicted octanol–water partition coefficient (Wildman–Crippen LogP) is 1.01. The van der Waals surface area contributed by atoms with E-state index in [1.807, 2.05) is 11.8 Å². The second-order valence-corrected chi connectivity index (χ2v) is 6.14. The summed E-state index contributed by atoms with van der Waals surface area (Å²) < 4.78 is 0. The zero-order valence-electron chi connectivity index (χ0n) is 12.4. The monoisotopic (exact) mass is 303 g/mol. The SMILES string of the molecule is CC(=O)N1CCN(C(=O)C2CCCCC2(C)N)CC1.Cl. The van der Waals surface area contributed by atoms with E-state index in [1.165, 1.54) is 0 Å². The van der Waals surface area contributed by atoms with Gasteiger partial charge in [0.25, 0.3) is 0 Å². The third kappa shape index (κ3) is 3.64. The fourth-order valence-corrected chi connectivity index (χ4v) is 3.23. The first-order valence-electron chi connectivity index (χ1n) is 7.25. The van der Waals surface area contributed by atoms with Gasteiger partial charge in [0, 0.05) is 38.6 Å². The van der Waals surface area contributed by atoms with Gasteiger partial charge in [-0.25, -0.2) is 0 Å². The molecule has 0 aromatic rings. The van der Waals surface area contributed by atoms with E-state index in [4.69, 9.17) is 5.73 Å². The lowest BCUT2D eigenvalue weighted by Crippen LogP contribution is -2.57. The summed E-state index contributed by atoms with van der Waals surface area (Å²) >= 11 is 0. The summed E-state index contributed by atoms with van der Waals surface area (Å²) in [6.45, 7) is 6.16. The predicted molar refractivity (Wildman–Crippen MR) is 80.6 cm³/mol. The first kappa shape index (κ1) is 17.2. The van der Waals surface area contributed by atoms with Crippen molar-refractivity contribution < 1.29 is 9.59 Å². The van der Waals surface area contributed by atoms with Crippen molar-refractivity contribution in [2.45, 2.75) is 45.1 Å². The van der Waals surface area contributed by atoms with Crippen molar-refractivity contribution in [2.24, 2.45) is 11.7 Å². The van der Waals surface area contributed by atoms with Crippen LogP contribution in [0, 0.1) is 5.92 Å². The van der Waals surface area contributed by atoms with Crippen molar-refractivity contribution >= 4 is 24.2 Å². The Bertz CT molecular complexity index is 365. The van der Waals surface area contributed by atoms with Crippen LogP contribution in [0.3, 0.4) is 0 Å². The number of amides is 2. The van der Waals surface area contributed by atoms with E-state index < -0.39 is 0 Å². The van der Waals surface area contributed by atoms with Crippen LogP contribution in [0.2, 0.25) is 0 Å². The Morgan fingerprint density at radius 2 is 1.65 bits per heavy atom. The van der Waals surface area contributed by atoms with E-state index in [1.54, 1.807) is 11.8 Å². The number of piperazine rings is 1. The Hall–Kier alpha value is -0.810. The van der Waals surface area contributed by atoms with Gasteiger partial charge in [-0.1, -0.05) is 12.8 Å². The van der Waals surface area contributed by atoms with E-state index >= 15 is 0 Å². The Morgan fingerprint density at radius 1 is 1.10 bits per heavy atom. The van der Waals surface area contributed by atoms with Crippen molar-refractivity contribution in [1.29, 1.82) is 0 Å². The lowest BCUT2D eigenvalue weighted by atomic mass is 9.74. The number of nitrogens with zero attached hydrogens (tertiary/aromatic N) is 2. The Morgan fingerprint density at radius 3 is 2.15 bits per heavy atom. The van der Waals surface area contributed by atoms with Crippen LogP contribution in [0.5, 0.6) is 0 Å². The fraction of sp³-hybridized carbons (Fsp3) is 0.857. The lowest BCUT2D eigenvalue weighted by molar-refractivity contribution is -0.144. The van der Waals surface area contributed by atoms with Crippen LogP contribution in [0.15, 0.2) is 0 Å². The third-order valence-electron chi connectivity index (χ3n) is 4.59. The number of rotatable bonds is 1. The standard InChI is InChI=1S/C14H25N3O2.ClH/c1-11(18)16-7-9-17(10-8-16)13(19)12-5-3-4-6-14(12,2)15;/h12H,3-10,15H2,1-2H3;1H. The zero-order valence-corrected chi connectivity index (χ0v) is 13.2. The maximum atomic E-state index is 12.6. The molecule has 6 heteroatoms. The summed E-state index contributed by atoms with van der Waals surface area (Å²) in [6, 6.07) is 0. The van der Waals surface area contributed by atoms with Gasteiger partial charge in [-0.3, -0.25) is 9.59 Å². The highest BCUT2D eigenvalue weighted by Gasteiger charge is 2.40. The summed E-state index contributed by atoms with van der Waals surface area (Å²) in [5.41, 5.74) is 5.93.